The molecule has 1 aromatic heterocycles. The third-order valence-electron chi connectivity index (χ3n) is 3.33. The van der Waals surface area contributed by atoms with E-state index in [1.54, 1.807) is 4.90 Å². The molecule has 0 spiro atoms. The number of hydrogen-bond donors (Lipinski definition) is 1. The molecular formula is C14H17N3O3. The van der Waals surface area contributed by atoms with Crippen LogP contribution in [0.3, 0.4) is 0 Å². The van der Waals surface area contributed by atoms with Gasteiger partial charge in [0, 0.05) is 13.1 Å². The molecule has 2 heterocycles. The molecule has 1 amide bonds. The second-order valence-corrected chi connectivity index (χ2v) is 4.79. The third kappa shape index (κ3) is 2.60. The molecule has 1 aliphatic heterocycles. The highest BCUT2D eigenvalue weighted by Crippen LogP contribution is 2.19. The molecule has 1 atom stereocenters. The Bertz CT molecular complexity index is 571. The van der Waals surface area contributed by atoms with Crippen LogP contribution < -0.4 is 5.32 Å². The fraction of sp³-hybridized carbons (Fsp3) is 0.429. The topological polar surface area (TPSA) is 67.6 Å². The molecule has 1 aromatic carbocycles. The van der Waals surface area contributed by atoms with Crippen molar-refractivity contribution in [2.75, 3.05) is 31.6 Å². The van der Waals surface area contributed by atoms with Gasteiger partial charge in [-0.2, -0.15) is 4.98 Å². The van der Waals surface area contributed by atoms with Crippen LogP contribution in [0.15, 0.2) is 28.7 Å². The number of nitrogens with zero attached hydrogens (tertiary/aromatic N) is 2. The molecule has 0 bridgehead atoms. The highest BCUT2D eigenvalue weighted by Gasteiger charge is 2.23. The number of amides is 1. The van der Waals surface area contributed by atoms with Crippen molar-refractivity contribution in [3.8, 4) is 0 Å². The summed E-state index contributed by atoms with van der Waals surface area (Å²) in [6.07, 6.45) is 0. The molecule has 2 aromatic rings. The number of carbonyl (C=O) groups is 1. The van der Waals surface area contributed by atoms with Gasteiger partial charge in [0.25, 0.3) is 6.01 Å². The molecule has 0 saturated carbocycles. The van der Waals surface area contributed by atoms with Crippen molar-refractivity contribution in [2.45, 2.75) is 13.0 Å². The number of fused-ring (bicyclic) bond motifs is 1. The number of ether oxygens (including phenoxy) is 1. The standard InChI is InChI=1S/C14H17N3O3/c1-10(13(18)17-6-8-19-9-7-17)15-14-16-11-4-2-3-5-12(11)20-14/h2-5,10H,6-9H2,1H3,(H,15,16). The molecule has 0 radical (unpaired) electrons. The van der Waals surface area contributed by atoms with Gasteiger partial charge < -0.3 is 19.4 Å². The molecule has 0 aliphatic carbocycles. The van der Waals surface area contributed by atoms with Crippen LogP contribution in [0.5, 0.6) is 0 Å². The lowest BCUT2D eigenvalue weighted by Gasteiger charge is -2.29. The Morgan fingerprint density at radius 1 is 1.35 bits per heavy atom. The summed E-state index contributed by atoms with van der Waals surface area (Å²) in [6, 6.07) is 7.51. The lowest BCUT2D eigenvalue weighted by Crippen LogP contribution is -2.47. The van der Waals surface area contributed by atoms with Crippen LogP contribution in [-0.2, 0) is 9.53 Å². The van der Waals surface area contributed by atoms with E-state index < -0.39 is 0 Å². The van der Waals surface area contributed by atoms with E-state index in [2.05, 4.69) is 10.3 Å². The minimum absolute atomic E-state index is 0.0376. The predicted octanol–water partition coefficient (Wildman–Crippen LogP) is 1.49. The van der Waals surface area contributed by atoms with Crippen LogP contribution >= 0.6 is 0 Å². The van der Waals surface area contributed by atoms with Gasteiger partial charge >= 0.3 is 0 Å². The first kappa shape index (κ1) is 12.9. The zero-order valence-corrected chi connectivity index (χ0v) is 11.3. The number of nitrogens with one attached hydrogen (secondary N) is 1. The van der Waals surface area contributed by atoms with Crippen LogP contribution in [0.4, 0.5) is 6.01 Å². The summed E-state index contributed by atoms with van der Waals surface area (Å²) < 4.78 is 10.8. The van der Waals surface area contributed by atoms with Crippen molar-refractivity contribution in [1.29, 1.82) is 0 Å². The molecule has 20 heavy (non-hydrogen) atoms. The van der Waals surface area contributed by atoms with Gasteiger partial charge in [0.1, 0.15) is 11.6 Å². The molecule has 1 aliphatic rings. The minimum Gasteiger partial charge on any atom is -0.424 e. The first-order chi connectivity index (χ1) is 9.74. The van der Waals surface area contributed by atoms with Gasteiger partial charge in [0.05, 0.1) is 13.2 Å². The summed E-state index contributed by atoms with van der Waals surface area (Å²) >= 11 is 0. The lowest BCUT2D eigenvalue weighted by atomic mass is 10.2. The van der Waals surface area contributed by atoms with E-state index in [1.165, 1.54) is 0 Å². The molecule has 6 nitrogen and oxygen atoms in total. The summed E-state index contributed by atoms with van der Waals surface area (Å²) in [6.45, 7) is 4.28. The highest BCUT2D eigenvalue weighted by molar-refractivity contribution is 5.84. The number of anilines is 1. The second-order valence-electron chi connectivity index (χ2n) is 4.79. The van der Waals surface area contributed by atoms with Crippen molar-refractivity contribution < 1.29 is 13.9 Å². The number of rotatable bonds is 3. The Hall–Kier alpha value is -2.08. The molecule has 1 fully saturated rings. The fourth-order valence-electron chi connectivity index (χ4n) is 2.24. The average Bonchev–Trinajstić information content (AvgIpc) is 2.89. The van der Waals surface area contributed by atoms with Crippen LogP contribution in [0.1, 0.15) is 6.92 Å². The molecule has 106 valence electrons. The zero-order valence-electron chi connectivity index (χ0n) is 11.3. The highest BCUT2D eigenvalue weighted by atomic mass is 16.5. The molecule has 1 saturated heterocycles. The van der Waals surface area contributed by atoms with Crippen LogP contribution in [0.25, 0.3) is 11.1 Å². The molecule has 3 rings (SSSR count). The monoisotopic (exact) mass is 275 g/mol. The van der Waals surface area contributed by atoms with E-state index in [-0.39, 0.29) is 11.9 Å². The van der Waals surface area contributed by atoms with E-state index in [0.717, 1.165) is 5.52 Å². The Morgan fingerprint density at radius 3 is 2.85 bits per heavy atom. The quantitative estimate of drug-likeness (QED) is 0.919. The number of benzene rings is 1. The Kier molecular flexibility index (Phi) is 3.56. The number of oxazole rings is 1. The molecular weight excluding hydrogens is 258 g/mol. The van der Waals surface area contributed by atoms with Gasteiger partial charge in [-0.3, -0.25) is 4.79 Å². The largest absolute Gasteiger partial charge is 0.424 e. The number of para-hydroxylation sites is 2. The maximum Gasteiger partial charge on any atom is 0.296 e. The summed E-state index contributed by atoms with van der Waals surface area (Å²) in [7, 11) is 0. The number of carbonyl (C=O) groups excluding carboxylic acids is 1. The van der Waals surface area contributed by atoms with E-state index in [0.29, 0.717) is 37.9 Å². The second kappa shape index (κ2) is 5.50. The van der Waals surface area contributed by atoms with Crippen LogP contribution in [-0.4, -0.2) is 48.1 Å². The molecule has 1 N–H and O–H groups in total. The summed E-state index contributed by atoms with van der Waals surface area (Å²) in [5.74, 6) is 0.0376. The van der Waals surface area contributed by atoms with Gasteiger partial charge in [-0.05, 0) is 19.1 Å². The Morgan fingerprint density at radius 2 is 2.10 bits per heavy atom. The summed E-state index contributed by atoms with van der Waals surface area (Å²) in [5, 5.41) is 3.02. The number of hydrogen-bond acceptors (Lipinski definition) is 5. The average molecular weight is 275 g/mol. The van der Waals surface area contributed by atoms with Crippen molar-refractivity contribution in [3.05, 3.63) is 24.3 Å². The number of aromatic nitrogens is 1. The van der Waals surface area contributed by atoms with Gasteiger partial charge in [-0.15, -0.1) is 0 Å². The van der Waals surface area contributed by atoms with Gasteiger partial charge in [0.15, 0.2) is 5.58 Å². The van der Waals surface area contributed by atoms with E-state index in [9.17, 15) is 4.79 Å². The van der Waals surface area contributed by atoms with Crippen molar-refractivity contribution in [1.82, 2.24) is 9.88 Å². The Labute approximate surface area is 116 Å². The first-order valence-corrected chi connectivity index (χ1v) is 6.73. The van der Waals surface area contributed by atoms with Gasteiger partial charge in [0.2, 0.25) is 5.91 Å². The zero-order chi connectivity index (χ0) is 13.9. The maximum atomic E-state index is 12.3. The smallest absolute Gasteiger partial charge is 0.296 e. The Balaban J connectivity index is 1.68. The number of morpholine rings is 1. The van der Waals surface area contributed by atoms with E-state index in [4.69, 9.17) is 9.15 Å². The van der Waals surface area contributed by atoms with E-state index >= 15 is 0 Å². The van der Waals surface area contributed by atoms with Crippen molar-refractivity contribution in [2.24, 2.45) is 0 Å². The molecule has 6 heteroatoms. The fourth-order valence-corrected chi connectivity index (χ4v) is 2.24. The SMILES string of the molecule is CC(Nc1nc2ccccc2o1)C(=O)N1CCOCC1. The van der Waals surface area contributed by atoms with Crippen LogP contribution in [0, 0.1) is 0 Å². The first-order valence-electron chi connectivity index (χ1n) is 6.73. The normalized spacial score (nSPS) is 17.1. The van der Waals surface area contributed by atoms with Crippen molar-refractivity contribution >= 4 is 23.0 Å². The van der Waals surface area contributed by atoms with Crippen molar-refractivity contribution in [3.63, 3.8) is 0 Å². The van der Waals surface area contributed by atoms with Crippen LogP contribution in [0.2, 0.25) is 0 Å². The molecule has 1 unspecified atom stereocenters. The summed E-state index contributed by atoms with van der Waals surface area (Å²) in [5.41, 5.74) is 1.49. The predicted molar refractivity (Wildman–Crippen MR) is 74.5 cm³/mol. The third-order valence-corrected chi connectivity index (χ3v) is 3.33. The van der Waals surface area contributed by atoms with Gasteiger partial charge in [-0.25, -0.2) is 0 Å². The van der Waals surface area contributed by atoms with Gasteiger partial charge in [-0.1, -0.05) is 12.1 Å². The maximum absolute atomic E-state index is 12.3. The summed E-state index contributed by atoms with van der Waals surface area (Å²) in [4.78, 5) is 18.4. The lowest BCUT2D eigenvalue weighted by molar-refractivity contribution is -0.135. The van der Waals surface area contributed by atoms with E-state index in [1.807, 2.05) is 31.2 Å². The minimum atomic E-state index is -0.374.